The summed E-state index contributed by atoms with van der Waals surface area (Å²) in [6.45, 7) is 5.52. The molecule has 6 heterocycles. The highest BCUT2D eigenvalue weighted by atomic mass is 79.9. The van der Waals surface area contributed by atoms with Crippen LogP contribution in [0, 0.1) is 17.1 Å². The Labute approximate surface area is 487 Å². The Morgan fingerprint density at radius 3 is 1.69 bits per heavy atom. The van der Waals surface area contributed by atoms with Crippen LogP contribution in [0.2, 0.25) is 0 Å². The molecule has 0 spiro atoms. The fourth-order valence-corrected chi connectivity index (χ4v) is 7.44. The van der Waals surface area contributed by atoms with E-state index in [9.17, 15) is 24.0 Å². The lowest BCUT2D eigenvalue weighted by Crippen LogP contribution is -2.28. The van der Waals surface area contributed by atoms with Gasteiger partial charge in [0.25, 0.3) is 11.8 Å². The number of nitriles is 1. The van der Waals surface area contributed by atoms with Crippen molar-refractivity contribution in [1.29, 1.82) is 5.26 Å². The number of benzene rings is 2. The van der Waals surface area contributed by atoms with Crippen molar-refractivity contribution in [3.05, 3.63) is 150 Å². The number of carbonyl (C=O) groups excluding carboxylic acids is 2. The third-order valence-corrected chi connectivity index (χ3v) is 11.7. The van der Waals surface area contributed by atoms with Gasteiger partial charge in [-0.05, 0) is 125 Å². The number of carbonyl (C=O) groups is 3. The molecule has 7 aromatic rings. The third kappa shape index (κ3) is 21.4. The quantitative estimate of drug-likeness (QED) is 0.0609. The number of halogens is 4. The molecule has 1 fully saturated rings. The molecule has 0 radical (unpaired) electrons. The average molecular weight is 1290 g/mol. The molecule has 1 saturated heterocycles. The van der Waals surface area contributed by atoms with Gasteiger partial charge in [-0.1, -0.05) is 36.4 Å². The Balaban J connectivity index is 0.000000269. The van der Waals surface area contributed by atoms with Crippen LogP contribution in [0.4, 0.5) is 33.5 Å². The van der Waals surface area contributed by atoms with E-state index in [1.165, 1.54) is 54.5 Å². The molecule has 1 atom stereocenters. The van der Waals surface area contributed by atoms with Crippen molar-refractivity contribution in [2.24, 2.45) is 0 Å². The van der Waals surface area contributed by atoms with Crippen LogP contribution in [0.3, 0.4) is 0 Å². The number of carboxylic acids is 1. The van der Waals surface area contributed by atoms with E-state index in [2.05, 4.69) is 103 Å². The smallest absolute Gasteiger partial charge is 0.358 e. The number of pyridine rings is 1. The fourth-order valence-electron chi connectivity index (χ4n) is 6.56. The zero-order valence-electron chi connectivity index (χ0n) is 44.8. The number of rotatable bonds is 13. The van der Waals surface area contributed by atoms with Crippen molar-refractivity contribution >= 4 is 94.7 Å². The molecule has 2 aromatic carbocycles. The number of aromatic carboxylic acids is 1. The molecule has 8 rings (SSSR count). The lowest BCUT2D eigenvalue weighted by molar-refractivity contribution is 0.0690. The molecular weight excluding hydrogens is 1230 g/mol. The Morgan fingerprint density at radius 2 is 1.23 bits per heavy atom. The van der Waals surface area contributed by atoms with E-state index in [-0.39, 0.29) is 51.9 Å². The zero-order chi connectivity index (χ0) is 59.1. The molecule has 422 valence electrons. The molecule has 1 aliphatic rings. The molecule has 11 N–H and O–H groups in total. The summed E-state index contributed by atoms with van der Waals surface area (Å²) < 4.78 is 19.8. The number of anilines is 5. The fraction of sp³-hybridized carbons (Fsp3) is 0.288. The van der Waals surface area contributed by atoms with E-state index in [1.54, 1.807) is 45.5 Å². The number of carboxylic acid groups (broad SMARTS) is 1. The Morgan fingerprint density at radius 1 is 0.713 bits per heavy atom. The van der Waals surface area contributed by atoms with E-state index < -0.39 is 11.9 Å². The number of nitrogens with one attached hydrogen (secondary N) is 2. The van der Waals surface area contributed by atoms with Gasteiger partial charge in [0.05, 0.1) is 59.0 Å². The second-order valence-corrected chi connectivity index (χ2v) is 20.2. The number of hydrogen-bond acceptors (Lipinski definition) is 21. The highest BCUT2D eigenvalue weighted by Gasteiger charge is 2.19. The Bertz CT molecular complexity index is 3220. The SMILES string of the molecule is C1CCOC1.CN(C)C(=O)c1ncc(Br)nc1N.CN(C)Cc1ncc(Br)nc1N.C[C@H](NC(=O)c1cc(C#N)cnc1NCc1ccc(-c2cnc(CN(C)C)c(N)n2)cc1)c1ccc(F)cc1.Nc1nc(Br)cnc1C(=O)O. The molecule has 80 heavy (non-hydrogen) atoms. The molecule has 0 aliphatic carbocycles. The van der Waals surface area contributed by atoms with Crippen LogP contribution in [0.1, 0.15) is 85.2 Å². The van der Waals surface area contributed by atoms with Crippen molar-refractivity contribution in [2.75, 3.05) is 83.8 Å². The van der Waals surface area contributed by atoms with Crippen LogP contribution < -0.4 is 33.6 Å². The van der Waals surface area contributed by atoms with Gasteiger partial charge in [0.15, 0.2) is 23.0 Å². The average Bonchev–Trinajstić information content (AvgIpc) is 4.01. The number of hydrogen-bond donors (Lipinski definition) is 7. The number of nitrogens with zero attached hydrogens (tertiary/aromatic N) is 13. The standard InChI is InChI=1S/C29H29FN8O.C7H9BrN4O.C7H11BrN4.C5H4BrN3O2.C4H8O/c1-18(21-8-10-23(30)11-9-21)36-29(39)24-12-20(13-31)15-35-28(24)34-14-19-4-6-22(7-5-19)25-16-33-26(17-38(2)3)27(32)37-25;1-12(2)7(13)5-6(9)11-4(8)3-10-5;1-12(2)4-5-7(9)11-6(8)3-10-5;6-2-1-8-3(5(10)11)4(7)9-2;1-2-4-5-3-1/h4-12,15-16,18H,14,17H2,1-3H3,(H2,32,37)(H,34,35)(H,36,39);3H,1-2H3,(H2,9,11);3H,4H2,1-2H3,(H2,9,11);1H,(H2,7,9)(H,10,11);1-4H2/t18-;;;;/m0..../s1. The second-order valence-electron chi connectivity index (χ2n) is 17.8. The van der Waals surface area contributed by atoms with Gasteiger partial charge in [-0.15, -0.1) is 0 Å². The van der Waals surface area contributed by atoms with Crippen molar-refractivity contribution in [1.82, 2.24) is 64.9 Å². The molecule has 5 aromatic heterocycles. The molecule has 1 aliphatic heterocycles. The van der Waals surface area contributed by atoms with Gasteiger partial charge in [0.2, 0.25) is 0 Å². The van der Waals surface area contributed by atoms with E-state index in [4.69, 9.17) is 32.8 Å². The minimum absolute atomic E-state index is 0.0909. The zero-order valence-corrected chi connectivity index (χ0v) is 49.6. The maximum Gasteiger partial charge on any atom is 0.358 e. The van der Waals surface area contributed by atoms with E-state index >= 15 is 0 Å². The van der Waals surface area contributed by atoms with Crippen molar-refractivity contribution < 1.29 is 28.6 Å². The molecular formula is C52H61Br3FN19O5. The van der Waals surface area contributed by atoms with Crippen LogP contribution in [-0.2, 0) is 24.4 Å². The molecule has 28 heteroatoms. The number of nitrogen functional groups attached to an aromatic ring is 4. The minimum atomic E-state index is -1.18. The molecule has 0 unspecified atom stereocenters. The first kappa shape index (κ1) is 64.6. The normalized spacial score (nSPS) is 11.7. The lowest BCUT2D eigenvalue weighted by Gasteiger charge is -2.16. The maximum atomic E-state index is 13.3. The van der Waals surface area contributed by atoms with Gasteiger partial charge < -0.3 is 58.1 Å². The molecule has 0 saturated carbocycles. The lowest BCUT2D eigenvalue weighted by atomic mass is 10.1. The topological polar surface area (TPSA) is 358 Å². The number of ether oxygens (including phenoxy) is 1. The van der Waals surface area contributed by atoms with Crippen LogP contribution in [0.5, 0.6) is 0 Å². The van der Waals surface area contributed by atoms with Crippen molar-refractivity contribution in [3.63, 3.8) is 0 Å². The summed E-state index contributed by atoms with van der Waals surface area (Å²) in [6.07, 6.45) is 10.0. The van der Waals surface area contributed by atoms with Crippen LogP contribution in [-0.4, -0.2) is 138 Å². The van der Waals surface area contributed by atoms with Gasteiger partial charge in [-0.3, -0.25) is 19.6 Å². The van der Waals surface area contributed by atoms with E-state index in [0.29, 0.717) is 56.6 Å². The van der Waals surface area contributed by atoms with Crippen molar-refractivity contribution in [3.8, 4) is 17.3 Å². The molecule has 2 amide bonds. The van der Waals surface area contributed by atoms with Gasteiger partial charge in [0, 0.05) is 58.7 Å². The van der Waals surface area contributed by atoms with Crippen molar-refractivity contribution in [2.45, 2.75) is 45.4 Å². The maximum absolute atomic E-state index is 13.3. The summed E-state index contributed by atoms with van der Waals surface area (Å²) in [6, 6.07) is 16.8. The highest BCUT2D eigenvalue weighted by molar-refractivity contribution is 9.11. The second kappa shape index (κ2) is 32.2. The van der Waals surface area contributed by atoms with E-state index in [1.807, 2.05) is 68.3 Å². The monoisotopic (exact) mass is 1290 g/mol. The predicted molar refractivity (Wildman–Crippen MR) is 313 cm³/mol. The Hall–Kier alpha value is -7.94. The largest absolute Gasteiger partial charge is 0.476 e. The first-order valence-corrected chi connectivity index (χ1v) is 26.4. The molecule has 24 nitrogen and oxygen atoms in total. The first-order chi connectivity index (χ1) is 37.9. The summed E-state index contributed by atoms with van der Waals surface area (Å²) in [5, 5.41) is 23.9. The van der Waals surface area contributed by atoms with Gasteiger partial charge in [0.1, 0.15) is 43.1 Å². The van der Waals surface area contributed by atoms with Gasteiger partial charge in [-0.25, -0.2) is 44.1 Å². The van der Waals surface area contributed by atoms with Gasteiger partial charge in [-0.2, -0.15) is 5.26 Å². The third-order valence-electron chi connectivity index (χ3n) is 10.5. The number of nitrogens with two attached hydrogens (primary N) is 4. The first-order valence-electron chi connectivity index (χ1n) is 24.0. The summed E-state index contributed by atoms with van der Waals surface area (Å²) in [5.41, 5.74) is 27.7. The van der Waals surface area contributed by atoms with Crippen LogP contribution >= 0.6 is 47.8 Å². The Kier molecular flexibility index (Phi) is 26.0. The summed E-state index contributed by atoms with van der Waals surface area (Å²) in [7, 11) is 11.1. The summed E-state index contributed by atoms with van der Waals surface area (Å²) in [4.78, 5) is 76.6. The minimum Gasteiger partial charge on any atom is -0.476 e. The highest BCUT2D eigenvalue weighted by Crippen LogP contribution is 2.23. The summed E-state index contributed by atoms with van der Waals surface area (Å²) >= 11 is 9.30. The van der Waals surface area contributed by atoms with Gasteiger partial charge >= 0.3 is 5.97 Å². The number of amides is 2. The summed E-state index contributed by atoms with van der Waals surface area (Å²) in [5.74, 6) is -0.908. The van der Waals surface area contributed by atoms with E-state index in [0.717, 1.165) is 41.3 Å². The van der Waals surface area contributed by atoms with Crippen LogP contribution in [0.25, 0.3) is 11.3 Å². The number of aromatic nitrogens is 9. The van der Waals surface area contributed by atoms with Crippen LogP contribution in [0.15, 0.2) is 99.4 Å². The molecule has 0 bridgehead atoms. The predicted octanol–water partition coefficient (Wildman–Crippen LogP) is 7.02.